The van der Waals surface area contributed by atoms with Gasteiger partial charge < -0.3 is 15.8 Å². The van der Waals surface area contributed by atoms with Gasteiger partial charge >= 0.3 is 0 Å². The van der Waals surface area contributed by atoms with E-state index >= 15 is 0 Å². The van der Waals surface area contributed by atoms with Gasteiger partial charge in [-0.3, -0.25) is 14.5 Å². The SMILES string of the molecule is Cl.NC1C(=O)C(=O)C1NCC=CCOc1cc(CN2CCCCC2)ccn1. The largest absolute Gasteiger partial charge is 0.473 e. The molecule has 8 heteroatoms. The third kappa shape index (κ3) is 5.84. The molecule has 0 amide bonds. The Balaban J connectivity index is 0.00000261. The summed E-state index contributed by atoms with van der Waals surface area (Å²) in [7, 11) is 0. The van der Waals surface area contributed by atoms with E-state index < -0.39 is 23.7 Å². The van der Waals surface area contributed by atoms with Crippen LogP contribution in [0.4, 0.5) is 0 Å². The number of Topliss-reactive ketones (excluding diaryl/α,β-unsaturated/α-hetero) is 2. The third-order valence-electron chi connectivity index (χ3n) is 4.79. The van der Waals surface area contributed by atoms with Gasteiger partial charge in [0.1, 0.15) is 6.61 Å². The molecule has 2 aliphatic rings. The Morgan fingerprint density at radius 1 is 1.22 bits per heavy atom. The smallest absolute Gasteiger partial charge is 0.219 e. The van der Waals surface area contributed by atoms with Gasteiger partial charge in [-0.05, 0) is 37.6 Å². The topological polar surface area (TPSA) is 97.5 Å². The molecule has 27 heavy (non-hydrogen) atoms. The van der Waals surface area contributed by atoms with Crippen molar-refractivity contribution in [3.63, 3.8) is 0 Å². The fraction of sp³-hybridized carbons (Fsp3) is 0.526. The van der Waals surface area contributed by atoms with E-state index in [1.54, 1.807) is 6.20 Å². The molecule has 3 N–H and O–H groups in total. The number of nitrogens with two attached hydrogens (primary N) is 1. The number of carbonyl (C=O) groups is 2. The van der Waals surface area contributed by atoms with E-state index in [0.29, 0.717) is 19.0 Å². The molecule has 2 unspecified atom stereocenters. The number of piperidine rings is 1. The van der Waals surface area contributed by atoms with Crippen molar-refractivity contribution in [2.24, 2.45) is 5.73 Å². The maximum atomic E-state index is 11.3. The fourth-order valence-electron chi connectivity index (χ4n) is 3.24. The van der Waals surface area contributed by atoms with Crippen molar-refractivity contribution in [3.8, 4) is 5.88 Å². The van der Waals surface area contributed by atoms with Crippen LogP contribution in [-0.2, 0) is 16.1 Å². The lowest BCUT2D eigenvalue weighted by molar-refractivity contribution is -0.146. The first-order valence-electron chi connectivity index (χ1n) is 9.17. The highest BCUT2D eigenvalue weighted by Crippen LogP contribution is 2.15. The number of hydrogen-bond donors (Lipinski definition) is 2. The van der Waals surface area contributed by atoms with Crippen molar-refractivity contribution in [2.75, 3.05) is 26.2 Å². The second kappa shape index (κ2) is 10.5. The van der Waals surface area contributed by atoms with Crippen molar-refractivity contribution in [3.05, 3.63) is 36.0 Å². The van der Waals surface area contributed by atoms with Crippen LogP contribution in [0.2, 0.25) is 0 Å². The molecular formula is C19H27ClN4O3. The molecule has 1 aromatic heterocycles. The number of aromatic nitrogens is 1. The zero-order chi connectivity index (χ0) is 18.4. The highest BCUT2D eigenvalue weighted by Gasteiger charge is 2.46. The molecule has 1 aliphatic carbocycles. The van der Waals surface area contributed by atoms with Crippen LogP contribution in [0.3, 0.4) is 0 Å². The number of rotatable bonds is 8. The van der Waals surface area contributed by atoms with Crippen LogP contribution >= 0.6 is 12.4 Å². The average Bonchev–Trinajstić information content (AvgIpc) is 2.67. The Morgan fingerprint density at radius 2 is 2.00 bits per heavy atom. The average molecular weight is 395 g/mol. The number of pyridine rings is 1. The van der Waals surface area contributed by atoms with Gasteiger partial charge in [0.2, 0.25) is 17.4 Å². The lowest BCUT2D eigenvalue weighted by Gasteiger charge is -2.30. The Labute approximate surface area is 165 Å². The molecule has 3 rings (SSSR count). The molecule has 1 saturated heterocycles. The first kappa shape index (κ1) is 21.5. The Hall–Kier alpha value is -1.80. The minimum atomic E-state index is -0.709. The molecule has 0 bridgehead atoms. The monoisotopic (exact) mass is 394 g/mol. The van der Waals surface area contributed by atoms with Crippen LogP contribution in [0, 0.1) is 0 Å². The maximum Gasteiger partial charge on any atom is 0.219 e. The summed E-state index contributed by atoms with van der Waals surface area (Å²) >= 11 is 0. The second-order valence-corrected chi connectivity index (χ2v) is 6.76. The van der Waals surface area contributed by atoms with E-state index in [0.717, 1.165) is 19.6 Å². The quantitative estimate of drug-likeness (QED) is 0.498. The fourth-order valence-corrected chi connectivity index (χ4v) is 3.24. The molecule has 148 valence electrons. The number of nitrogens with one attached hydrogen (secondary N) is 1. The highest BCUT2D eigenvalue weighted by atomic mass is 35.5. The summed E-state index contributed by atoms with van der Waals surface area (Å²) in [4.78, 5) is 29.1. The molecule has 0 spiro atoms. The van der Waals surface area contributed by atoms with Crippen molar-refractivity contribution in [1.29, 1.82) is 0 Å². The summed E-state index contributed by atoms with van der Waals surface area (Å²) in [6, 6.07) is 2.75. The van der Waals surface area contributed by atoms with E-state index in [1.807, 2.05) is 24.3 Å². The summed E-state index contributed by atoms with van der Waals surface area (Å²) < 4.78 is 5.65. The van der Waals surface area contributed by atoms with Crippen LogP contribution in [0.5, 0.6) is 5.88 Å². The van der Waals surface area contributed by atoms with Crippen LogP contribution in [0.15, 0.2) is 30.5 Å². The number of halogens is 1. The first-order chi connectivity index (χ1) is 12.6. The lowest BCUT2D eigenvalue weighted by Crippen LogP contribution is -2.68. The molecule has 0 aromatic carbocycles. The molecule has 7 nitrogen and oxygen atoms in total. The predicted octanol–water partition coefficient (Wildman–Crippen LogP) is 0.862. The van der Waals surface area contributed by atoms with Gasteiger partial charge in [0, 0.05) is 25.4 Å². The van der Waals surface area contributed by atoms with Crippen LogP contribution < -0.4 is 15.8 Å². The highest BCUT2D eigenvalue weighted by molar-refractivity contribution is 6.48. The molecule has 1 aliphatic heterocycles. The van der Waals surface area contributed by atoms with Gasteiger partial charge in [-0.2, -0.15) is 0 Å². The first-order valence-corrected chi connectivity index (χ1v) is 9.17. The van der Waals surface area contributed by atoms with Crippen molar-refractivity contribution in [1.82, 2.24) is 15.2 Å². The van der Waals surface area contributed by atoms with Gasteiger partial charge in [-0.25, -0.2) is 4.98 Å². The summed E-state index contributed by atoms with van der Waals surface area (Å²) in [5.74, 6) is -0.318. The number of hydrogen-bond acceptors (Lipinski definition) is 7. The molecule has 2 atom stereocenters. The van der Waals surface area contributed by atoms with Crippen LogP contribution in [-0.4, -0.2) is 59.8 Å². The van der Waals surface area contributed by atoms with Gasteiger partial charge in [0.25, 0.3) is 0 Å². The Morgan fingerprint density at radius 3 is 2.74 bits per heavy atom. The van der Waals surface area contributed by atoms with E-state index in [1.165, 1.54) is 24.8 Å². The van der Waals surface area contributed by atoms with Gasteiger partial charge in [-0.15, -0.1) is 12.4 Å². The maximum absolute atomic E-state index is 11.3. The number of ketones is 2. The third-order valence-corrected chi connectivity index (χ3v) is 4.79. The lowest BCUT2D eigenvalue weighted by atomic mass is 9.84. The normalized spacial score (nSPS) is 23.1. The standard InChI is InChI=1S/C19H26N4O3.ClH/c20-16-17(19(25)18(16)24)22-7-2-5-11-26-15-12-14(6-8-21-15)13-23-9-3-1-4-10-23;/h2,5-6,8,12,16-17,22H,1,3-4,7,9-11,13,20H2;1H. The Bertz CT molecular complexity index is 677. The summed E-state index contributed by atoms with van der Waals surface area (Å²) in [5, 5.41) is 2.94. The van der Waals surface area contributed by atoms with E-state index in [4.69, 9.17) is 10.5 Å². The van der Waals surface area contributed by atoms with Crippen molar-refractivity contribution < 1.29 is 14.3 Å². The van der Waals surface area contributed by atoms with Crippen molar-refractivity contribution in [2.45, 2.75) is 37.9 Å². The minimum Gasteiger partial charge on any atom is -0.473 e. The molecule has 2 fully saturated rings. The zero-order valence-corrected chi connectivity index (χ0v) is 16.1. The predicted molar refractivity (Wildman–Crippen MR) is 105 cm³/mol. The molecule has 2 heterocycles. The molecule has 1 saturated carbocycles. The molecule has 0 radical (unpaired) electrons. The van der Waals surface area contributed by atoms with E-state index in [-0.39, 0.29) is 12.4 Å². The number of carbonyl (C=O) groups excluding carboxylic acids is 2. The van der Waals surface area contributed by atoms with Crippen LogP contribution in [0.25, 0.3) is 0 Å². The number of likely N-dealkylation sites (tertiary alicyclic amines) is 1. The van der Waals surface area contributed by atoms with Gasteiger partial charge in [0.05, 0.1) is 12.1 Å². The summed E-state index contributed by atoms with van der Waals surface area (Å²) in [5.41, 5.74) is 6.77. The second-order valence-electron chi connectivity index (χ2n) is 6.76. The summed E-state index contributed by atoms with van der Waals surface area (Å²) in [6.45, 7) is 4.11. The van der Waals surface area contributed by atoms with Gasteiger partial charge in [0.15, 0.2) is 0 Å². The number of ether oxygens (including phenoxy) is 1. The number of nitrogens with zero attached hydrogens (tertiary/aromatic N) is 2. The van der Waals surface area contributed by atoms with E-state index in [2.05, 4.69) is 15.2 Å². The van der Waals surface area contributed by atoms with Crippen LogP contribution in [0.1, 0.15) is 24.8 Å². The van der Waals surface area contributed by atoms with Gasteiger partial charge in [-0.1, -0.05) is 18.6 Å². The van der Waals surface area contributed by atoms with E-state index in [9.17, 15) is 9.59 Å². The summed E-state index contributed by atoms with van der Waals surface area (Å²) in [6.07, 6.45) is 9.36. The Kier molecular flexibility index (Phi) is 8.37. The zero-order valence-electron chi connectivity index (χ0n) is 15.3. The molecular weight excluding hydrogens is 368 g/mol. The molecule has 1 aromatic rings. The van der Waals surface area contributed by atoms with Crippen molar-refractivity contribution >= 4 is 24.0 Å². The minimum absolute atomic E-state index is 0.